The number of piperidine rings is 1. The van der Waals surface area contributed by atoms with E-state index in [0.717, 1.165) is 9.13 Å². The lowest BCUT2D eigenvalue weighted by Gasteiger charge is -2.32. The molecular weight excluding hydrogens is 431 g/mol. The summed E-state index contributed by atoms with van der Waals surface area (Å²) >= 11 is 2.17. The second kappa shape index (κ2) is 7.86. The van der Waals surface area contributed by atoms with Crippen molar-refractivity contribution >= 4 is 34.4 Å². The van der Waals surface area contributed by atoms with Gasteiger partial charge in [-0.05, 0) is 59.7 Å². The van der Waals surface area contributed by atoms with Crippen LogP contribution in [-0.4, -0.2) is 41.0 Å². The summed E-state index contributed by atoms with van der Waals surface area (Å²) in [5.41, 5.74) is 1.000. The van der Waals surface area contributed by atoms with Crippen molar-refractivity contribution in [2.45, 2.75) is 18.9 Å². The highest BCUT2D eigenvalue weighted by Crippen LogP contribution is 2.19. The van der Waals surface area contributed by atoms with Gasteiger partial charge >= 0.3 is 0 Å². The Kier molecular flexibility index (Phi) is 5.57. The number of amides is 2. The predicted octanol–water partition coefficient (Wildman–Crippen LogP) is 3.03. The largest absolute Gasteiger partial charge is 0.507 e. The zero-order valence-electron chi connectivity index (χ0n) is 13.6. The smallest absolute Gasteiger partial charge is 0.255 e. The average molecular weight is 450 g/mol. The minimum Gasteiger partial charge on any atom is -0.507 e. The van der Waals surface area contributed by atoms with Crippen molar-refractivity contribution in [1.29, 1.82) is 0 Å². The molecule has 6 heteroatoms. The van der Waals surface area contributed by atoms with Crippen LogP contribution < -0.4 is 5.32 Å². The number of hydrogen-bond donors (Lipinski definition) is 2. The Bertz CT molecular complexity index is 786. The van der Waals surface area contributed by atoms with Crippen molar-refractivity contribution in [1.82, 2.24) is 10.2 Å². The lowest BCUT2D eigenvalue weighted by molar-refractivity contribution is 0.0697. The van der Waals surface area contributed by atoms with Gasteiger partial charge in [0.25, 0.3) is 11.8 Å². The Hall–Kier alpha value is -2.09. The summed E-state index contributed by atoms with van der Waals surface area (Å²) in [6, 6.07) is 14.1. The molecule has 5 nitrogen and oxygen atoms in total. The standard InChI is InChI=1S/C19H19IN2O3/c20-16-7-3-1-5-14(16)19(25)22-11-9-13(10-12-22)21-18(24)15-6-2-4-8-17(15)23/h1-8,13,23H,9-12H2,(H,21,24). The van der Waals surface area contributed by atoms with E-state index in [0.29, 0.717) is 25.9 Å². The maximum absolute atomic E-state index is 12.6. The number of benzene rings is 2. The van der Waals surface area contributed by atoms with Crippen LogP contribution in [-0.2, 0) is 0 Å². The van der Waals surface area contributed by atoms with Gasteiger partial charge in [-0.25, -0.2) is 0 Å². The number of phenols is 1. The molecule has 0 aliphatic carbocycles. The van der Waals surface area contributed by atoms with E-state index in [4.69, 9.17) is 0 Å². The molecule has 0 aromatic heterocycles. The molecule has 0 spiro atoms. The van der Waals surface area contributed by atoms with Gasteiger partial charge in [-0.2, -0.15) is 0 Å². The number of likely N-dealkylation sites (tertiary alicyclic amines) is 1. The summed E-state index contributed by atoms with van der Waals surface area (Å²) in [4.78, 5) is 26.7. The second-order valence-electron chi connectivity index (χ2n) is 6.04. The number of carbonyl (C=O) groups excluding carboxylic acids is 2. The van der Waals surface area contributed by atoms with Gasteiger partial charge in [-0.15, -0.1) is 0 Å². The molecule has 0 saturated carbocycles. The number of nitrogens with zero attached hydrogens (tertiary/aromatic N) is 1. The zero-order valence-corrected chi connectivity index (χ0v) is 15.8. The number of para-hydroxylation sites is 1. The molecule has 0 radical (unpaired) electrons. The lowest BCUT2D eigenvalue weighted by atomic mass is 10.0. The fraction of sp³-hybridized carbons (Fsp3) is 0.263. The van der Waals surface area contributed by atoms with Gasteiger partial charge in [0.15, 0.2) is 0 Å². The summed E-state index contributed by atoms with van der Waals surface area (Å²) < 4.78 is 0.945. The molecule has 2 aromatic rings. The van der Waals surface area contributed by atoms with E-state index in [1.807, 2.05) is 29.2 Å². The first-order chi connectivity index (χ1) is 12.1. The molecule has 1 aliphatic heterocycles. The molecule has 1 saturated heterocycles. The summed E-state index contributed by atoms with van der Waals surface area (Å²) in [6.45, 7) is 1.21. The van der Waals surface area contributed by atoms with Crippen LogP contribution in [0.15, 0.2) is 48.5 Å². The molecule has 0 bridgehead atoms. The van der Waals surface area contributed by atoms with Gasteiger partial charge in [0.2, 0.25) is 0 Å². The van der Waals surface area contributed by atoms with Crippen LogP contribution in [0.1, 0.15) is 33.6 Å². The predicted molar refractivity (Wildman–Crippen MR) is 104 cm³/mol. The third-order valence-corrected chi connectivity index (χ3v) is 5.31. The minimum absolute atomic E-state index is 0.00556. The molecule has 1 aliphatic rings. The fourth-order valence-electron chi connectivity index (χ4n) is 2.96. The first-order valence-corrected chi connectivity index (χ1v) is 9.27. The number of rotatable bonds is 3. The van der Waals surface area contributed by atoms with Crippen LogP contribution in [0.25, 0.3) is 0 Å². The van der Waals surface area contributed by atoms with Gasteiger partial charge in [-0.3, -0.25) is 9.59 Å². The van der Waals surface area contributed by atoms with Crippen molar-refractivity contribution in [3.63, 3.8) is 0 Å². The molecule has 3 rings (SSSR count). The summed E-state index contributed by atoms with van der Waals surface area (Å²) in [5.74, 6) is -0.262. The molecule has 25 heavy (non-hydrogen) atoms. The van der Waals surface area contributed by atoms with Crippen molar-refractivity contribution in [3.8, 4) is 5.75 Å². The van der Waals surface area contributed by atoms with E-state index in [9.17, 15) is 14.7 Å². The number of halogens is 1. The van der Waals surface area contributed by atoms with Gasteiger partial charge in [0.1, 0.15) is 5.75 Å². The lowest BCUT2D eigenvalue weighted by Crippen LogP contribution is -2.46. The Morgan fingerprint density at radius 2 is 1.60 bits per heavy atom. The van der Waals surface area contributed by atoms with E-state index < -0.39 is 0 Å². The van der Waals surface area contributed by atoms with Crippen LogP contribution >= 0.6 is 22.6 Å². The molecule has 2 N–H and O–H groups in total. The Balaban J connectivity index is 1.57. The maximum Gasteiger partial charge on any atom is 0.255 e. The van der Waals surface area contributed by atoms with Crippen LogP contribution in [0.2, 0.25) is 0 Å². The molecular formula is C19H19IN2O3. The molecule has 130 valence electrons. The fourth-order valence-corrected chi connectivity index (χ4v) is 3.58. The van der Waals surface area contributed by atoms with Crippen LogP contribution in [0.3, 0.4) is 0 Å². The quantitative estimate of drug-likeness (QED) is 0.707. The van der Waals surface area contributed by atoms with E-state index in [2.05, 4.69) is 27.9 Å². The third-order valence-electron chi connectivity index (χ3n) is 4.37. The van der Waals surface area contributed by atoms with Gasteiger partial charge in [0, 0.05) is 22.7 Å². The van der Waals surface area contributed by atoms with Gasteiger partial charge in [-0.1, -0.05) is 24.3 Å². The molecule has 0 unspecified atom stereocenters. The van der Waals surface area contributed by atoms with Crippen LogP contribution in [0, 0.1) is 3.57 Å². The number of carbonyl (C=O) groups is 2. The summed E-state index contributed by atoms with van der Waals surface area (Å²) in [6.07, 6.45) is 1.41. The SMILES string of the molecule is O=C(NC1CCN(C(=O)c2ccccc2I)CC1)c1ccccc1O. The molecule has 1 heterocycles. The van der Waals surface area contributed by atoms with Crippen molar-refractivity contribution in [2.24, 2.45) is 0 Å². The highest BCUT2D eigenvalue weighted by Gasteiger charge is 2.26. The van der Waals surface area contributed by atoms with Crippen molar-refractivity contribution in [2.75, 3.05) is 13.1 Å². The highest BCUT2D eigenvalue weighted by atomic mass is 127. The van der Waals surface area contributed by atoms with Gasteiger partial charge in [0.05, 0.1) is 11.1 Å². The van der Waals surface area contributed by atoms with E-state index >= 15 is 0 Å². The molecule has 2 aromatic carbocycles. The first kappa shape index (κ1) is 17.7. The molecule has 2 amide bonds. The maximum atomic E-state index is 12.6. The van der Waals surface area contributed by atoms with Crippen LogP contribution in [0.5, 0.6) is 5.75 Å². The Morgan fingerprint density at radius 1 is 1.00 bits per heavy atom. The second-order valence-corrected chi connectivity index (χ2v) is 7.20. The average Bonchev–Trinajstić information content (AvgIpc) is 2.62. The normalized spacial score (nSPS) is 15.0. The number of hydrogen-bond acceptors (Lipinski definition) is 3. The summed E-state index contributed by atoms with van der Waals surface area (Å²) in [7, 11) is 0. The molecule has 0 atom stereocenters. The van der Waals surface area contributed by atoms with E-state index in [-0.39, 0.29) is 29.2 Å². The monoisotopic (exact) mass is 450 g/mol. The zero-order chi connectivity index (χ0) is 17.8. The Labute approximate surface area is 160 Å². The van der Waals surface area contributed by atoms with E-state index in [1.165, 1.54) is 6.07 Å². The molecule has 1 fully saturated rings. The topological polar surface area (TPSA) is 69.6 Å². The first-order valence-electron chi connectivity index (χ1n) is 8.19. The van der Waals surface area contributed by atoms with Crippen LogP contribution in [0.4, 0.5) is 0 Å². The number of phenolic OH excluding ortho intramolecular Hbond substituents is 1. The van der Waals surface area contributed by atoms with Crippen molar-refractivity contribution in [3.05, 3.63) is 63.2 Å². The van der Waals surface area contributed by atoms with Crippen molar-refractivity contribution < 1.29 is 14.7 Å². The summed E-state index contributed by atoms with van der Waals surface area (Å²) in [5, 5.41) is 12.7. The third kappa shape index (κ3) is 4.12. The minimum atomic E-state index is -0.277. The van der Waals surface area contributed by atoms with Gasteiger partial charge < -0.3 is 15.3 Å². The number of aromatic hydroxyl groups is 1. The number of nitrogens with one attached hydrogen (secondary N) is 1. The van der Waals surface area contributed by atoms with E-state index in [1.54, 1.807) is 18.2 Å². The Morgan fingerprint density at radius 3 is 2.24 bits per heavy atom. The highest BCUT2D eigenvalue weighted by molar-refractivity contribution is 14.1.